The van der Waals surface area contributed by atoms with Crippen LogP contribution in [-0.4, -0.2) is 25.2 Å². The van der Waals surface area contributed by atoms with Crippen LogP contribution < -0.4 is 15.4 Å². The van der Waals surface area contributed by atoms with E-state index >= 15 is 0 Å². The van der Waals surface area contributed by atoms with Gasteiger partial charge in [-0.25, -0.2) is 0 Å². The highest BCUT2D eigenvalue weighted by Crippen LogP contribution is 2.20. The van der Waals surface area contributed by atoms with Crippen LogP contribution in [0.1, 0.15) is 5.56 Å². The van der Waals surface area contributed by atoms with Crippen molar-refractivity contribution in [1.82, 2.24) is 4.98 Å². The zero-order valence-corrected chi connectivity index (χ0v) is 11.3. The van der Waals surface area contributed by atoms with Crippen molar-refractivity contribution in [2.24, 2.45) is 0 Å². The number of hydrogen-bond donors (Lipinski definition) is 2. The molecule has 4 nitrogen and oxygen atoms in total. The molecule has 1 aromatic carbocycles. The molecule has 0 amide bonds. The van der Waals surface area contributed by atoms with E-state index in [1.54, 1.807) is 12.4 Å². The zero-order chi connectivity index (χ0) is 13.5. The van der Waals surface area contributed by atoms with E-state index in [0.717, 1.165) is 23.7 Å². The van der Waals surface area contributed by atoms with Crippen LogP contribution in [0.25, 0.3) is 0 Å². The zero-order valence-electron chi connectivity index (χ0n) is 11.3. The first kappa shape index (κ1) is 13.2. The largest absolute Gasteiger partial charge is 0.492 e. The van der Waals surface area contributed by atoms with Gasteiger partial charge in [0.15, 0.2) is 0 Å². The van der Waals surface area contributed by atoms with Gasteiger partial charge in [-0.1, -0.05) is 0 Å². The summed E-state index contributed by atoms with van der Waals surface area (Å²) in [6.07, 6.45) is 3.53. The molecule has 2 rings (SSSR count). The number of pyridine rings is 1. The number of hydrogen-bond acceptors (Lipinski definition) is 4. The molecule has 1 heterocycles. The number of benzene rings is 1. The van der Waals surface area contributed by atoms with E-state index in [1.807, 2.05) is 31.3 Å². The van der Waals surface area contributed by atoms with Crippen molar-refractivity contribution in [3.8, 4) is 5.75 Å². The van der Waals surface area contributed by atoms with Crippen molar-refractivity contribution in [2.75, 3.05) is 30.8 Å². The summed E-state index contributed by atoms with van der Waals surface area (Å²) >= 11 is 0. The SMILES string of the molecule is CNc1cc(C)cc(OCCNc2ccncc2)c1. The van der Waals surface area contributed by atoms with Crippen LogP contribution in [0.4, 0.5) is 11.4 Å². The Morgan fingerprint density at radius 1 is 1.11 bits per heavy atom. The second-order valence-electron chi connectivity index (χ2n) is 4.30. The number of nitrogens with one attached hydrogen (secondary N) is 2. The minimum Gasteiger partial charge on any atom is -0.492 e. The number of rotatable bonds is 6. The second kappa shape index (κ2) is 6.64. The van der Waals surface area contributed by atoms with Crippen molar-refractivity contribution >= 4 is 11.4 Å². The van der Waals surface area contributed by atoms with Crippen molar-refractivity contribution in [1.29, 1.82) is 0 Å². The van der Waals surface area contributed by atoms with Crippen molar-refractivity contribution in [3.05, 3.63) is 48.3 Å². The molecule has 0 saturated carbocycles. The predicted molar refractivity (Wildman–Crippen MR) is 78.9 cm³/mol. The lowest BCUT2D eigenvalue weighted by molar-refractivity contribution is 0.333. The fourth-order valence-corrected chi connectivity index (χ4v) is 1.81. The lowest BCUT2D eigenvalue weighted by Gasteiger charge is -2.10. The topological polar surface area (TPSA) is 46.2 Å². The molecule has 100 valence electrons. The molecule has 0 aliphatic heterocycles. The van der Waals surface area contributed by atoms with Crippen LogP contribution in [0.2, 0.25) is 0 Å². The quantitative estimate of drug-likeness (QED) is 0.781. The summed E-state index contributed by atoms with van der Waals surface area (Å²) in [4.78, 5) is 3.97. The first-order chi connectivity index (χ1) is 9.28. The normalized spacial score (nSPS) is 10.0. The third kappa shape index (κ3) is 4.17. The maximum absolute atomic E-state index is 5.73. The first-order valence-electron chi connectivity index (χ1n) is 6.34. The molecule has 0 fully saturated rings. The van der Waals surface area contributed by atoms with Gasteiger partial charge in [0.05, 0.1) is 0 Å². The maximum atomic E-state index is 5.73. The summed E-state index contributed by atoms with van der Waals surface area (Å²) in [7, 11) is 1.91. The number of nitrogens with zero attached hydrogens (tertiary/aromatic N) is 1. The molecule has 0 bridgehead atoms. The Morgan fingerprint density at radius 2 is 1.89 bits per heavy atom. The smallest absolute Gasteiger partial charge is 0.121 e. The Morgan fingerprint density at radius 3 is 2.63 bits per heavy atom. The van der Waals surface area contributed by atoms with Crippen LogP contribution in [0.3, 0.4) is 0 Å². The van der Waals surface area contributed by atoms with E-state index in [9.17, 15) is 0 Å². The van der Waals surface area contributed by atoms with Gasteiger partial charge in [0.2, 0.25) is 0 Å². The van der Waals surface area contributed by atoms with Crippen LogP contribution in [0.15, 0.2) is 42.7 Å². The molecule has 1 aromatic heterocycles. The Hall–Kier alpha value is -2.23. The molecule has 0 radical (unpaired) electrons. The Bertz CT molecular complexity index is 514. The Balaban J connectivity index is 1.81. The predicted octanol–water partition coefficient (Wildman–Crippen LogP) is 2.92. The van der Waals surface area contributed by atoms with Gasteiger partial charge in [0.1, 0.15) is 12.4 Å². The molecule has 0 aliphatic rings. The minimum atomic E-state index is 0.620. The van der Waals surface area contributed by atoms with Gasteiger partial charge in [-0.3, -0.25) is 4.98 Å². The molecule has 2 N–H and O–H groups in total. The lowest BCUT2D eigenvalue weighted by Crippen LogP contribution is -2.11. The fourth-order valence-electron chi connectivity index (χ4n) is 1.81. The molecular formula is C15H19N3O. The summed E-state index contributed by atoms with van der Waals surface area (Å²) in [5.74, 6) is 0.890. The molecule has 0 saturated heterocycles. The van der Waals surface area contributed by atoms with Gasteiger partial charge in [-0.05, 0) is 36.8 Å². The van der Waals surface area contributed by atoms with Gasteiger partial charge >= 0.3 is 0 Å². The average Bonchev–Trinajstić information content (AvgIpc) is 2.44. The van der Waals surface area contributed by atoms with Gasteiger partial charge in [0.25, 0.3) is 0 Å². The molecule has 0 unspecified atom stereocenters. The molecule has 2 aromatic rings. The number of ether oxygens (including phenoxy) is 1. The van der Waals surface area contributed by atoms with Gasteiger partial charge in [-0.15, -0.1) is 0 Å². The Kier molecular flexibility index (Phi) is 4.61. The van der Waals surface area contributed by atoms with Gasteiger partial charge in [0, 0.05) is 43.4 Å². The van der Waals surface area contributed by atoms with Crippen LogP contribution in [0.5, 0.6) is 5.75 Å². The fraction of sp³-hybridized carbons (Fsp3) is 0.267. The van der Waals surface area contributed by atoms with Crippen LogP contribution in [0, 0.1) is 6.92 Å². The third-order valence-corrected chi connectivity index (χ3v) is 2.72. The maximum Gasteiger partial charge on any atom is 0.121 e. The van der Waals surface area contributed by atoms with Crippen LogP contribution in [-0.2, 0) is 0 Å². The average molecular weight is 257 g/mol. The van der Waals surface area contributed by atoms with Crippen molar-refractivity contribution < 1.29 is 4.74 Å². The minimum absolute atomic E-state index is 0.620. The first-order valence-corrected chi connectivity index (χ1v) is 6.34. The highest BCUT2D eigenvalue weighted by molar-refractivity contribution is 5.50. The lowest BCUT2D eigenvalue weighted by atomic mass is 10.2. The summed E-state index contributed by atoms with van der Waals surface area (Å²) < 4.78 is 5.73. The van der Waals surface area contributed by atoms with Gasteiger partial charge < -0.3 is 15.4 Å². The van der Waals surface area contributed by atoms with Gasteiger partial charge in [-0.2, -0.15) is 0 Å². The van der Waals surface area contributed by atoms with E-state index < -0.39 is 0 Å². The molecule has 0 aliphatic carbocycles. The number of anilines is 2. The molecular weight excluding hydrogens is 238 g/mol. The van der Waals surface area contributed by atoms with E-state index in [1.165, 1.54) is 5.56 Å². The van der Waals surface area contributed by atoms with Crippen molar-refractivity contribution in [2.45, 2.75) is 6.92 Å². The van der Waals surface area contributed by atoms with Crippen LogP contribution >= 0.6 is 0 Å². The number of aryl methyl sites for hydroxylation is 1. The summed E-state index contributed by atoms with van der Waals surface area (Å²) in [6.45, 7) is 3.44. The molecule has 0 atom stereocenters. The highest BCUT2D eigenvalue weighted by Gasteiger charge is 1.98. The third-order valence-electron chi connectivity index (χ3n) is 2.72. The van der Waals surface area contributed by atoms with E-state index in [-0.39, 0.29) is 0 Å². The number of aromatic nitrogens is 1. The molecule has 0 spiro atoms. The summed E-state index contributed by atoms with van der Waals surface area (Å²) in [5.41, 5.74) is 3.31. The summed E-state index contributed by atoms with van der Waals surface area (Å²) in [5, 5.41) is 6.40. The van der Waals surface area contributed by atoms with E-state index in [2.05, 4.69) is 28.6 Å². The Labute approximate surface area is 113 Å². The molecule has 4 heteroatoms. The van der Waals surface area contributed by atoms with E-state index in [0.29, 0.717) is 6.61 Å². The molecule has 19 heavy (non-hydrogen) atoms. The van der Waals surface area contributed by atoms with E-state index in [4.69, 9.17) is 4.74 Å². The standard InChI is InChI=1S/C15H19N3O/c1-12-9-14(16-2)11-15(10-12)19-8-7-18-13-3-5-17-6-4-13/h3-6,9-11,16H,7-8H2,1-2H3,(H,17,18). The monoisotopic (exact) mass is 257 g/mol. The second-order valence-corrected chi connectivity index (χ2v) is 4.30. The highest BCUT2D eigenvalue weighted by atomic mass is 16.5. The summed E-state index contributed by atoms with van der Waals surface area (Å²) in [6, 6.07) is 9.99. The van der Waals surface area contributed by atoms with Crippen molar-refractivity contribution in [3.63, 3.8) is 0 Å².